The maximum Gasteiger partial charge on any atom is 0.243 e. The molecular formula is C21H25FN2O5. The maximum absolute atomic E-state index is 13.2. The Morgan fingerprint density at radius 3 is 2.24 bits per heavy atom. The SMILES string of the molecule is COc1cc(CCC(=O)N(C)CC(=O)Nc2cccc(F)c2)cc(OC)c1OC. The van der Waals surface area contributed by atoms with E-state index in [-0.39, 0.29) is 18.9 Å². The highest BCUT2D eigenvalue weighted by Crippen LogP contribution is 2.38. The van der Waals surface area contributed by atoms with E-state index in [1.54, 1.807) is 25.2 Å². The molecule has 0 saturated heterocycles. The fourth-order valence-electron chi connectivity index (χ4n) is 2.79. The average Bonchev–Trinajstić information content (AvgIpc) is 2.70. The second kappa shape index (κ2) is 10.3. The fraction of sp³-hybridized carbons (Fsp3) is 0.333. The van der Waals surface area contributed by atoms with E-state index in [4.69, 9.17) is 14.2 Å². The molecule has 0 radical (unpaired) electrons. The van der Waals surface area contributed by atoms with Gasteiger partial charge in [-0.1, -0.05) is 6.07 Å². The Labute approximate surface area is 169 Å². The van der Waals surface area contributed by atoms with Gasteiger partial charge in [-0.15, -0.1) is 0 Å². The third-order valence-corrected chi connectivity index (χ3v) is 4.27. The van der Waals surface area contributed by atoms with E-state index in [1.807, 2.05) is 0 Å². The van der Waals surface area contributed by atoms with Gasteiger partial charge in [0.25, 0.3) is 0 Å². The molecule has 0 aliphatic rings. The lowest BCUT2D eigenvalue weighted by molar-refractivity contribution is -0.133. The van der Waals surface area contributed by atoms with Crippen LogP contribution in [0.15, 0.2) is 36.4 Å². The molecule has 0 heterocycles. The first kappa shape index (κ1) is 22.0. The average molecular weight is 404 g/mol. The molecule has 2 aromatic carbocycles. The Bertz CT molecular complexity index is 847. The van der Waals surface area contributed by atoms with Crippen LogP contribution < -0.4 is 19.5 Å². The Hall–Kier alpha value is -3.29. The van der Waals surface area contributed by atoms with E-state index < -0.39 is 11.7 Å². The minimum absolute atomic E-state index is 0.134. The zero-order chi connectivity index (χ0) is 21.4. The summed E-state index contributed by atoms with van der Waals surface area (Å²) in [7, 11) is 6.12. The summed E-state index contributed by atoms with van der Waals surface area (Å²) in [4.78, 5) is 25.8. The van der Waals surface area contributed by atoms with Crippen LogP contribution in [0, 0.1) is 5.82 Å². The van der Waals surface area contributed by atoms with Crippen molar-refractivity contribution in [2.45, 2.75) is 12.8 Å². The molecule has 156 valence electrons. The molecule has 2 rings (SSSR count). The van der Waals surface area contributed by atoms with Gasteiger partial charge in [0.05, 0.1) is 27.9 Å². The number of amides is 2. The van der Waals surface area contributed by atoms with Crippen LogP contribution in [0.1, 0.15) is 12.0 Å². The van der Waals surface area contributed by atoms with Gasteiger partial charge >= 0.3 is 0 Å². The number of anilines is 1. The van der Waals surface area contributed by atoms with Gasteiger partial charge < -0.3 is 24.4 Å². The number of halogens is 1. The Balaban J connectivity index is 1.93. The molecule has 2 amide bonds. The van der Waals surface area contributed by atoms with Crippen molar-refractivity contribution >= 4 is 17.5 Å². The molecular weight excluding hydrogens is 379 g/mol. The van der Waals surface area contributed by atoms with Crippen molar-refractivity contribution in [3.05, 3.63) is 47.8 Å². The van der Waals surface area contributed by atoms with Gasteiger partial charge in [-0.2, -0.15) is 0 Å². The normalized spacial score (nSPS) is 10.2. The van der Waals surface area contributed by atoms with Crippen LogP contribution in [-0.4, -0.2) is 51.6 Å². The fourth-order valence-corrected chi connectivity index (χ4v) is 2.79. The van der Waals surface area contributed by atoms with Crippen LogP contribution in [0.3, 0.4) is 0 Å². The highest BCUT2D eigenvalue weighted by molar-refractivity contribution is 5.94. The molecule has 0 aromatic heterocycles. The molecule has 0 saturated carbocycles. The quantitative estimate of drug-likeness (QED) is 0.696. The van der Waals surface area contributed by atoms with Gasteiger partial charge in [-0.3, -0.25) is 9.59 Å². The van der Waals surface area contributed by atoms with Gasteiger partial charge in [0.1, 0.15) is 5.82 Å². The monoisotopic (exact) mass is 404 g/mol. The molecule has 0 aliphatic heterocycles. The molecule has 0 unspecified atom stereocenters. The Morgan fingerprint density at radius 2 is 1.69 bits per heavy atom. The second-order valence-corrected chi connectivity index (χ2v) is 6.34. The third-order valence-electron chi connectivity index (χ3n) is 4.27. The molecule has 1 N–H and O–H groups in total. The van der Waals surface area contributed by atoms with Crippen LogP contribution in [0.4, 0.5) is 10.1 Å². The number of carbonyl (C=O) groups excluding carboxylic acids is 2. The van der Waals surface area contributed by atoms with Gasteiger partial charge in [-0.05, 0) is 42.3 Å². The first-order valence-electron chi connectivity index (χ1n) is 8.96. The topological polar surface area (TPSA) is 77.1 Å². The zero-order valence-corrected chi connectivity index (χ0v) is 17.0. The first-order chi connectivity index (χ1) is 13.9. The number of nitrogens with one attached hydrogen (secondary N) is 1. The third kappa shape index (κ3) is 6.10. The Kier molecular flexibility index (Phi) is 7.82. The summed E-state index contributed by atoms with van der Waals surface area (Å²) in [5.74, 6) is 0.454. The molecule has 8 heteroatoms. The van der Waals surface area contributed by atoms with E-state index in [9.17, 15) is 14.0 Å². The van der Waals surface area contributed by atoms with Crippen molar-refractivity contribution in [2.75, 3.05) is 40.2 Å². The largest absolute Gasteiger partial charge is 0.493 e. The Morgan fingerprint density at radius 1 is 1.03 bits per heavy atom. The molecule has 7 nitrogen and oxygen atoms in total. The molecule has 2 aromatic rings. The van der Waals surface area contributed by atoms with Gasteiger partial charge in [-0.25, -0.2) is 4.39 Å². The molecule has 29 heavy (non-hydrogen) atoms. The summed E-state index contributed by atoms with van der Waals surface area (Å²) in [6.07, 6.45) is 0.633. The number of benzene rings is 2. The van der Waals surface area contributed by atoms with Gasteiger partial charge in [0, 0.05) is 19.2 Å². The van der Waals surface area contributed by atoms with Crippen molar-refractivity contribution in [3.8, 4) is 17.2 Å². The highest BCUT2D eigenvalue weighted by atomic mass is 19.1. The number of ether oxygens (including phenoxy) is 3. The number of hydrogen-bond donors (Lipinski definition) is 1. The number of methoxy groups -OCH3 is 3. The minimum Gasteiger partial charge on any atom is -0.493 e. The molecule has 0 atom stereocenters. The first-order valence-corrected chi connectivity index (χ1v) is 8.96. The zero-order valence-electron chi connectivity index (χ0n) is 17.0. The number of rotatable bonds is 9. The van der Waals surface area contributed by atoms with Crippen molar-refractivity contribution in [1.29, 1.82) is 0 Å². The second-order valence-electron chi connectivity index (χ2n) is 6.34. The summed E-state index contributed by atoms with van der Waals surface area (Å²) in [5.41, 5.74) is 1.18. The van der Waals surface area contributed by atoms with Crippen LogP contribution >= 0.6 is 0 Å². The summed E-state index contributed by atoms with van der Waals surface area (Å²) < 4.78 is 29.1. The number of likely N-dealkylation sites (N-methyl/N-ethyl adjacent to an activating group) is 1. The highest BCUT2D eigenvalue weighted by Gasteiger charge is 2.16. The molecule has 0 aliphatic carbocycles. The minimum atomic E-state index is -0.447. The van der Waals surface area contributed by atoms with Crippen molar-refractivity contribution < 1.29 is 28.2 Å². The predicted molar refractivity (Wildman–Crippen MR) is 107 cm³/mol. The molecule has 0 bridgehead atoms. The van der Waals surface area contributed by atoms with Crippen molar-refractivity contribution in [2.24, 2.45) is 0 Å². The number of hydrogen-bond acceptors (Lipinski definition) is 5. The van der Waals surface area contributed by atoms with Crippen LogP contribution in [0.2, 0.25) is 0 Å². The summed E-state index contributed by atoms with van der Waals surface area (Å²) in [6.45, 7) is -0.134. The lowest BCUT2D eigenvalue weighted by Crippen LogP contribution is -2.35. The van der Waals surface area contributed by atoms with Crippen LogP contribution in [0.5, 0.6) is 17.2 Å². The number of carbonyl (C=O) groups is 2. The van der Waals surface area contributed by atoms with E-state index >= 15 is 0 Å². The van der Waals surface area contributed by atoms with Crippen LogP contribution in [0.25, 0.3) is 0 Å². The van der Waals surface area contributed by atoms with Gasteiger partial charge in [0.2, 0.25) is 17.6 Å². The number of nitrogens with zero attached hydrogens (tertiary/aromatic N) is 1. The predicted octanol–water partition coefficient (Wildman–Crippen LogP) is 2.88. The van der Waals surface area contributed by atoms with E-state index in [2.05, 4.69) is 5.32 Å². The van der Waals surface area contributed by atoms with Crippen LogP contribution in [-0.2, 0) is 16.0 Å². The van der Waals surface area contributed by atoms with Gasteiger partial charge in [0.15, 0.2) is 11.5 Å². The van der Waals surface area contributed by atoms with E-state index in [1.165, 1.54) is 44.4 Å². The standard InChI is InChI=1S/C21H25FN2O5/c1-24(13-19(25)23-16-7-5-6-15(22)12-16)20(26)9-8-14-10-17(27-2)21(29-4)18(11-14)28-3/h5-7,10-12H,8-9,13H2,1-4H3,(H,23,25). The summed E-state index contributed by atoms with van der Waals surface area (Å²) in [5, 5.41) is 2.57. The lowest BCUT2D eigenvalue weighted by atomic mass is 10.1. The molecule has 0 fully saturated rings. The smallest absolute Gasteiger partial charge is 0.243 e. The summed E-state index contributed by atoms with van der Waals surface area (Å²) in [6, 6.07) is 9.14. The maximum atomic E-state index is 13.2. The van der Waals surface area contributed by atoms with E-state index in [0.717, 1.165) is 5.56 Å². The van der Waals surface area contributed by atoms with E-state index in [0.29, 0.717) is 29.4 Å². The van der Waals surface area contributed by atoms with Crippen molar-refractivity contribution in [1.82, 2.24) is 4.90 Å². The lowest BCUT2D eigenvalue weighted by Gasteiger charge is -2.18. The number of aryl methyl sites for hydroxylation is 1. The molecule has 0 spiro atoms. The van der Waals surface area contributed by atoms with Crippen molar-refractivity contribution in [3.63, 3.8) is 0 Å². The summed E-state index contributed by atoms with van der Waals surface area (Å²) >= 11 is 0.